The fraction of sp³-hybridized carbons (Fsp3) is 0.100. The standard InChI is InChI=1S/2C10H7ClN2/c2*11-8-2-1-3-9-10(8)7(4-5-12)6-13-9/h2*1-3,6,13H,4H2. The van der Waals surface area contributed by atoms with E-state index in [1.807, 2.05) is 48.8 Å². The molecule has 2 aromatic heterocycles. The molecule has 4 rings (SSSR count). The number of hydrogen-bond donors (Lipinski definition) is 2. The van der Waals surface area contributed by atoms with Gasteiger partial charge in [-0.05, 0) is 35.4 Å². The summed E-state index contributed by atoms with van der Waals surface area (Å²) in [6.07, 6.45) is 4.45. The van der Waals surface area contributed by atoms with E-state index in [2.05, 4.69) is 22.1 Å². The first kappa shape index (κ1) is 17.9. The maximum absolute atomic E-state index is 8.58. The number of halogens is 2. The van der Waals surface area contributed by atoms with E-state index in [4.69, 9.17) is 33.7 Å². The molecule has 0 spiro atoms. The van der Waals surface area contributed by atoms with Gasteiger partial charge < -0.3 is 9.97 Å². The summed E-state index contributed by atoms with van der Waals surface area (Å²) in [6, 6.07) is 15.6. The Labute approximate surface area is 160 Å². The second-order valence-corrected chi connectivity index (χ2v) is 6.44. The third kappa shape index (κ3) is 3.53. The van der Waals surface area contributed by atoms with E-state index in [9.17, 15) is 0 Å². The molecule has 0 aliphatic carbocycles. The minimum Gasteiger partial charge on any atom is -0.361 e. The fourth-order valence-corrected chi connectivity index (χ4v) is 3.46. The van der Waals surface area contributed by atoms with Crippen LogP contribution in [-0.2, 0) is 12.8 Å². The van der Waals surface area contributed by atoms with Crippen molar-refractivity contribution in [3.05, 3.63) is 70.0 Å². The zero-order valence-electron chi connectivity index (χ0n) is 13.7. The minimum absolute atomic E-state index is 0.393. The first-order valence-corrected chi connectivity index (χ1v) is 8.64. The number of aromatic amines is 2. The van der Waals surface area contributed by atoms with Gasteiger partial charge in [-0.15, -0.1) is 0 Å². The summed E-state index contributed by atoms with van der Waals surface area (Å²) in [6.45, 7) is 0. The Bertz CT molecular complexity index is 1050. The fourth-order valence-electron chi connectivity index (χ4n) is 2.86. The highest BCUT2D eigenvalue weighted by Crippen LogP contribution is 2.27. The normalized spacial score (nSPS) is 10.2. The molecule has 4 aromatic rings. The molecule has 2 heterocycles. The first-order valence-electron chi connectivity index (χ1n) is 7.88. The van der Waals surface area contributed by atoms with Crippen molar-refractivity contribution in [2.24, 2.45) is 0 Å². The Morgan fingerprint density at radius 2 is 1.15 bits per heavy atom. The molecule has 0 amide bonds. The number of benzene rings is 2. The monoisotopic (exact) mass is 380 g/mol. The number of fused-ring (bicyclic) bond motifs is 2. The molecule has 0 unspecified atom stereocenters. The third-order valence-electron chi connectivity index (χ3n) is 4.01. The predicted molar refractivity (Wildman–Crippen MR) is 105 cm³/mol. The van der Waals surface area contributed by atoms with Crippen molar-refractivity contribution in [3.8, 4) is 12.1 Å². The SMILES string of the molecule is N#CCc1c[nH]c2cccc(Cl)c12.N#CCc1c[nH]c2cccc(Cl)c12. The molecule has 0 atom stereocenters. The molecule has 0 saturated carbocycles. The molecule has 2 N–H and O–H groups in total. The van der Waals surface area contributed by atoms with Crippen molar-refractivity contribution >= 4 is 45.0 Å². The van der Waals surface area contributed by atoms with E-state index >= 15 is 0 Å². The molecule has 0 saturated heterocycles. The van der Waals surface area contributed by atoms with Crippen LogP contribution in [-0.4, -0.2) is 9.97 Å². The van der Waals surface area contributed by atoms with Crippen molar-refractivity contribution in [2.75, 3.05) is 0 Å². The smallest absolute Gasteiger partial charge is 0.0670 e. The predicted octanol–water partition coefficient (Wildman–Crippen LogP) is 5.77. The van der Waals surface area contributed by atoms with Crippen LogP contribution in [0.25, 0.3) is 21.8 Å². The molecule has 0 bridgehead atoms. The molecular formula is C20H14Cl2N4. The van der Waals surface area contributed by atoms with Gasteiger partial charge in [-0.3, -0.25) is 0 Å². The Balaban J connectivity index is 0.000000151. The quantitative estimate of drug-likeness (QED) is 0.462. The lowest BCUT2D eigenvalue weighted by Crippen LogP contribution is -1.77. The Morgan fingerprint density at radius 3 is 1.54 bits per heavy atom. The molecule has 0 aliphatic heterocycles. The summed E-state index contributed by atoms with van der Waals surface area (Å²) in [7, 11) is 0. The zero-order valence-corrected chi connectivity index (χ0v) is 15.2. The third-order valence-corrected chi connectivity index (χ3v) is 4.64. The van der Waals surface area contributed by atoms with Gasteiger partial charge in [-0.1, -0.05) is 35.3 Å². The second-order valence-electron chi connectivity index (χ2n) is 5.62. The lowest BCUT2D eigenvalue weighted by molar-refractivity contribution is 1.28. The van der Waals surface area contributed by atoms with E-state index in [1.54, 1.807) is 0 Å². The largest absolute Gasteiger partial charge is 0.361 e. The van der Waals surface area contributed by atoms with Crippen molar-refractivity contribution < 1.29 is 0 Å². The van der Waals surface area contributed by atoms with E-state index in [1.165, 1.54) is 0 Å². The highest BCUT2D eigenvalue weighted by atomic mass is 35.5. The van der Waals surface area contributed by atoms with Crippen LogP contribution in [0.4, 0.5) is 0 Å². The lowest BCUT2D eigenvalue weighted by atomic mass is 10.1. The van der Waals surface area contributed by atoms with Crippen molar-refractivity contribution in [3.63, 3.8) is 0 Å². The van der Waals surface area contributed by atoms with Crippen LogP contribution >= 0.6 is 23.2 Å². The van der Waals surface area contributed by atoms with E-state index in [0.717, 1.165) is 32.9 Å². The highest BCUT2D eigenvalue weighted by molar-refractivity contribution is 6.36. The molecule has 0 aliphatic rings. The van der Waals surface area contributed by atoms with Gasteiger partial charge >= 0.3 is 0 Å². The maximum Gasteiger partial charge on any atom is 0.0670 e. The van der Waals surface area contributed by atoms with Gasteiger partial charge in [-0.2, -0.15) is 10.5 Å². The molecular weight excluding hydrogens is 367 g/mol. The van der Waals surface area contributed by atoms with Crippen LogP contribution in [0.15, 0.2) is 48.8 Å². The highest BCUT2D eigenvalue weighted by Gasteiger charge is 2.06. The summed E-state index contributed by atoms with van der Waals surface area (Å²) in [5.74, 6) is 0. The maximum atomic E-state index is 8.58. The number of H-pyrrole nitrogens is 2. The molecule has 128 valence electrons. The molecule has 0 radical (unpaired) electrons. The van der Waals surface area contributed by atoms with Gasteiger partial charge in [-0.25, -0.2) is 0 Å². The number of hydrogen-bond acceptors (Lipinski definition) is 2. The van der Waals surface area contributed by atoms with Crippen LogP contribution in [0.1, 0.15) is 11.1 Å². The zero-order chi connectivity index (χ0) is 18.5. The van der Waals surface area contributed by atoms with Gasteiger partial charge in [0.2, 0.25) is 0 Å². The average molecular weight is 381 g/mol. The lowest BCUT2D eigenvalue weighted by Gasteiger charge is -1.94. The Kier molecular flexibility index (Phi) is 5.49. The molecule has 26 heavy (non-hydrogen) atoms. The van der Waals surface area contributed by atoms with Gasteiger partial charge in [0.15, 0.2) is 0 Å². The van der Waals surface area contributed by atoms with Crippen molar-refractivity contribution in [2.45, 2.75) is 12.8 Å². The average Bonchev–Trinajstić information content (AvgIpc) is 3.23. The Morgan fingerprint density at radius 1 is 0.731 bits per heavy atom. The summed E-state index contributed by atoms with van der Waals surface area (Å²) in [5, 5.41) is 20.5. The molecule has 0 fully saturated rings. The summed E-state index contributed by atoms with van der Waals surface area (Å²) in [4.78, 5) is 6.16. The van der Waals surface area contributed by atoms with Crippen LogP contribution in [0.2, 0.25) is 10.0 Å². The minimum atomic E-state index is 0.393. The van der Waals surface area contributed by atoms with Crippen LogP contribution < -0.4 is 0 Å². The van der Waals surface area contributed by atoms with Crippen LogP contribution in [0.5, 0.6) is 0 Å². The molecule has 4 nitrogen and oxygen atoms in total. The van der Waals surface area contributed by atoms with Crippen molar-refractivity contribution in [1.82, 2.24) is 9.97 Å². The topological polar surface area (TPSA) is 79.2 Å². The number of nitrogens with zero attached hydrogens (tertiary/aromatic N) is 2. The Hall–Kier alpha value is -2.92. The molecule has 6 heteroatoms. The van der Waals surface area contributed by atoms with Crippen LogP contribution in [0, 0.1) is 22.7 Å². The van der Waals surface area contributed by atoms with Crippen molar-refractivity contribution in [1.29, 1.82) is 10.5 Å². The molecule has 2 aromatic carbocycles. The van der Waals surface area contributed by atoms with E-state index < -0.39 is 0 Å². The number of nitrogens with one attached hydrogen (secondary N) is 2. The summed E-state index contributed by atoms with van der Waals surface area (Å²) < 4.78 is 0. The van der Waals surface area contributed by atoms with Gasteiger partial charge in [0, 0.05) is 34.2 Å². The number of rotatable bonds is 2. The second kappa shape index (κ2) is 7.97. The van der Waals surface area contributed by atoms with E-state index in [-0.39, 0.29) is 0 Å². The van der Waals surface area contributed by atoms with Gasteiger partial charge in [0.1, 0.15) is 0 Å². The van der Waals surface area contributed by atoms with Gasteiger partial charge in [0.05, 0.1) is 35.0 Å². The summed E-state index contributed by atoms with van der Waals surface area (Å²) in [5.41, 5.74) is 3.89. The summed E-state index contributed by atoms with van der Waals surface area (Å²) >= 11 is 12.0. The van der Waals surface area contributed by atoms with E-state index in [0.29, 0.717) is 22.9 Å². The van der Waals surface area contributed by atoms with Gasteiger partial charge in [0.25, 0.3) is 0 Å². The first-order chi connectivity index (χ1) is 12.7. The van der Waals surface area contributed by atoms with Crippen LogP contribution in [0.3, 0.4) is 0 Å². The number of nitriles is 2. The number of aromatic nitrogens is 2.